The van der Waals surface area contributed by atoms with Gasteiger partial charge in [0.1, 0.15) is 11.5 Å². The van der Waals surface area contributed by atoms with Crippen LogP contribution in [-0.2, 0) is 0 Å². The first kappa shape index (κ1) is 24.5. The van der Waals surface area contributed by atoms with E-state index in [1.54, 1.807) is 0 Å². The lowest BCUT2D eigenvalue weighted by atomic mass is 9.85. The van der Waals surface area contributed by atoms with Crippen LogP contribution in [0.3, 0.4) is 0 Å². The molecule has 40 heavy (non-hydrogen) atoms. The van der Waals surface area contributed by atoms with E-state index in [-0.39, 0.29) is 10.9 Å². The van der Waals surface area contributed by atoms with Crippen LogP contribution < -0.4 is 31.8 Å². The number of hydrogen-bond donors (Lipinski definition) is 2. The third kappa shape index (κ3) is 3.57. The lowest BCUT2D eigenvalue weighted by Gasteiger charge is -2.18. The van der Waals surface area contributed by atoms with Gasteiger partial charge in [0, 0.05) is 32.3 Å². The summed E-state index contributed by atoms with van der Waals surface area (Å²) in [7, 11) is 0. The van der Waals surface area contributed by atoms with Gasteiger partial charge in [0.15, 0.2) is 10.9 Å². The van der Waals surface area contributed by atoms with Crippen LogP contribution >= 0.6 is 0 Å². The average molecular weight is 529 g/mol. The van der Waals surface area contributed by atoms with E-state index in [1.165, 1.54) is 0 Å². The average Bonchev–Trinajstić information content (AvgIpc) is 2.98. The van der Waals surface area contributed by atoms with Crippen LogP contribution in [0.5, 0.6) is 11.5 Å². The summed E-state index contributed by atoms with van der Waals surface area (Å²) >= 11 is 0. The van der Waals surface area contributed by atoms with E-state index in [4.69, 9.17) is 20.9 Å². The maximum absolute atomic E-state index is 13.9. The van der Waals surface area contributed by atoms with E-state index in [9.17, 15) is 9.59 Å². The maximum Gasteiger partial charge on any atom is 0.194 e. The van der Waals surface area contributed by atoms with Crippen LogP contribution in [0.2, 0.25) is 0 Å². The van der Waals surface area contributed by atoms with Crippen molar-refractivity contribution in [3.05, 3.63) is 93.2 Å². The minimum atomic E-state index is -0.0316. The summed E-state index contributed by atoms with van der Waals surface area (Å²) in [6, 6.07) is 23.2. The largest absolute Gasteiger partial charge is 0.494 e. The third-order valence-corrected chi connectivity index (χ3v) is 7.90. The van der Waals surface area contributed by atoms with E-state index in [0.717, 1.165) is 55.9 Å². The van der Waals surface area contributed by atoms with Crippen LogP contribution in [0, 0.1) is 0 Å². The minimum absolute atomic E-state index is 0.0316. The van der Waals surface area contributed by atoms with Crippen molar-refractivity contribution in [2.45, 2.75) is 12.8 Å². The summed E-state index contributed by atoms with van der Waals surface area (Å²) in [5.41, 5.74) is 11.2. The van der Waals surface area contributed by atoms with Crippen LogP contribution in [0.25, 0.3) is 64.6 Å². The molecule has 0 saturated carbocycles. The first-order valence-corrected chi connectivity index (χ1v) is 13.7. The molecule has 0 aliphatic carbocycles. The smallest absolute Gasteiger partial charge is 0.194 e. The molecule has 4 N–H and O–H groups in total. The molecule has 0 amide bonds. The molecule has 0 aliphatic heterocycles. The molecule has 7 aromatic carbocycles. The summed E-state index contributed by atoms with van der Waals surface area (Å²) in [5, 5.41) is 9.93. The monoisotopic (exact) mass is 528 g/mol. The zero-order valence-electron chi connectivity index (χ0n) is 22.0. The second kappa shape index (κ2) is 9.59. The van der Waals surface area contributed by atoms with E-state index < -0.39 is 0 Å². The normalized spacial score (nSPS) is 12.1. The summed E-state index contributed by atoms with van der Waals surface area (Å²) in [6.45, 7) is 2.07. The van der Waals surface area contributed by atoms with Gasteiger partial charge in [0.2, 0.25) is 0 Å². The second-order valence-corrected chi connectivity index (χ2v) is 10.3. The first-order chi connectivity index (χ1) is 19.6. The molecule has 0 radical (unpaired) electrons. The summed E-state index contributed by atoms with van der Waals surface area (Å²) < 4.78 is 11.7. The molecule has 6 nitrogen and oxygen atoms in total. The molecular formula is C34H28N2O4. The minimum Gasteiger partial charge on any atom is -0.494 e. The molecule has 6 heteroatoms. The van der Waals surface area contributed by atoms with Crippen molar-refractivity contribution < 1.29 is 9.47 Å². The Hall–Kier alpha value is -4.52. The van der Waals surface area contributed by atoms with Crippen molar-refractivity contribution in [1.29, 1.82) is 0 Å². The molecule has 7 rings (SSSR count). The zero-order valence-corrected chi connectivity index (χ0v) is 22.0. The molecule has 0 aromatic heterocycles. The fourth-order valence-electron chi connectivity index (χ4n) is 6.14. The van der Waals surface area contributed by atoms with E-state index in [1.807, 2.05) is 60.7 Å². The molecule has 0 unspecified atom stereocenters. The molecule has 198 valence electrons. The fraction of sp³-hybridized carbons (Fsp3) is 0.176. The molecule has 0 fully saturated rings. The first-order valence-electron chi connectivity index (χ1n) is 13.7. The SMILES string of the molecule is NCCCOc1ccc2c(c1)c(=O)c1cccc3c1c2c1cccc2c(=O)c4cc(OCCCN)ccc4c3c21. The Kier molecular flexibility index (Phi) is 5.88. The fourth-order valence-corrected chi connectivity index (χ4v) is 6.14. The number of nitrogens with two attached hydrogens (primary N) is 2. The number of hydrogen-bond acceptors (Lipinski definition) is 6. The van der Waals surface area contributed by atoms with Gasteiger partial charge in [0.25, 0.3) is 0 Å². The second-order valence-electron chi connectivity index (χ2n) is 10.3. The maximum atomic E-state index is 13.9. The summed E-state index contributed by atoms with van der Waals surface area (Å²) in [4.78, 5) is 27.8. The highest BCUT2D eigenvalue weighted by Gasteiger charge is 2.21. The van der Waals surface area contributed by atoms with Gasteiger partial charge in [-0.15, -0.1) is 0 Å². The Bertz CT molecular complexity index is 2030. The lowest BCUT2D eigenvalue weighted by Crippen LogP contribution is -2.08. The van der Waals surface area contributed by atoms with Gasteiger partial charge < -0.3 is 20.9 Å². The Morgan fingerprint density at radius 1 is 0.475 bits per heavy atom. The topological polar surface area (TPSA) is 105 Å². The van der Waals surface area contributed by atoms with E-state index >= 15 is 0 Å². The highest BCUT2D eigenvalue weighted by atomic mass is 16.5. The number of rotatable bonds is 8. The van der Waals surface area contributed by atoms with Gasteiger partial charge in [-0.05, 0) is 94.6 Å². The molecular weight excluding hydrogens is 500 g/mol. The molecule has 0 aliphatic rings. The summed E-state index contributed by atoms with van der Waals surface area (Å²) in [6.07, 6.45) is 1.47. The Morgan fingerprint density at radius 2 is 0.875 bits per heavy atom. The van der Waals surface area contributed by atoms with Gasteiger partial charge in [0.05, 0.1) is 13.2 Å². The van der Waals surface area contributed by atoms with Crippen molar-refractivity contribution in [3.8, 4) is 11.5 Å². The number of fused-ring (bicyclic) bond motifs is 6. The molecule has 0 atom stereocenters. The van der Waals surface area contributed by atoms with Crippen molar-refractivity contribution in [2.75, 3.05) is 26.3 Å². The number of benzene rings is 7. The molecule has 0 heterocycles. The Labute approximate surface area is 229 Å². The molecule has 7 aromatic rings. The predicted octanol–water partition coefficient (Wildman–Crippen LogP) is 5.66. The lowest BCUT2D eigenvalue weighted by molar-refractivity contribution is 0.313. The van der Waals surface area contributed by atoms with Gasteiger partial charge in [-0.25, -0.2) is 0 Å². The zero-order chi connectivity index (χ0) is 27.4. The van der Waals surface area contributed by atoms with Gasteiger partial charge in [-0.3, -0.25) is 9.59 Å². The van der Waals surface area contributed by atoms with Crippen molar-refractivity contribution in [1.82, 2.24) is 0 Å². The van der Waals surface area contributed by atoms with Crippen molar-refractivity contribution in [3.63, 3.8) is 0 Å². The van der Waals surface area contributed by atoms with Crippen LogP contribution in [0.4, 0.5) is 0 Å². The molecule has 0 saturated heterocycles. The highest BCUT2D eigenvalue weighted by molar-refractivity contribution is 6.41. The number of ether oxygens (including phenoxy) is 2. The van der Waals surface area contributed by atoms with Crippen LogP contribution in [0.15, 0.2) is 82.4 Å². The third-order valence-electron chi connectivity index (χ3n) is 7.90. The van der Waals surface area contributed by atoms with E-state index in [2.05, 4.69) is 12.1 Å². The van der Waals surface area contributed by atoms with Gasteiger partial charge in [-0.1, -0.05) is 36.4 Å². The Morgan fingerprint density at radius 3 is 1.30 bits per heavy atom. The molecule has 0 spiro atoms. The van der Waals surface area contributed by atoms with Crippen molar-refractivity contribution >= 4 is 64.6 Å². The van der Waals surface area contributed by atoms with Gasteiger partial charge in [-0.2, -0.15) is 0 Å². The van der Waals surface area contributed by atoms with Crippen LogP contribution in [0.1, 0.15) is 12.8 Å². The van der Waals surface area contributed by atoms with Crippen molar-refractivity contribution in [2.24, 2.45) is 11.5 Å². The Balaban J connectivity index is 1.62. The van der Waals surface area contributed by atoms with Crippen LogP contribution in [-0.4, -0.2) is 26.3 Å². The quantitative estimate of drug-likeness (QED) is 0.150. The predicted molar refractivity (Wildman–Crippen MR) is 165 cm³/mol. The van der Waals surface area contributed by atoms with Gasteiger partial charge >= 0.3 is 0 Å². The molecule has 0 bridgehead atoms. The summed E-state index contributed by atoms with van der Waals surface area (Å²) in [5.74, 6) is 1.29. The highest BCUT2D eigenvalue weighted by Crippen LogP contribution is 2.44. The standard InChI is InChI=1S/C34H28N2O4/c35-13-3-15-39-19-10-12-22-27(17-19)33(37)25-7-1-5-23-29-21-11-9-20(40-16-4-14-36)18-28(21)34(38)26-8-2-6-24(32(26)29)30(22)31(23)25/h1-2,5-12,17-18H,3-4,13-16,35-36H2. The van der Waals surface area contributed by atoms with E-state index in [0.29, 0.717) is 59.3 Å².